The molecular formula is C19H28AcO2. The van der Waals surface area contributed by atoms with E-state index in [1.54, 1.807) is 0 Å². The van der Waals surface area contributed by atoms with E-state index in [0.717, 1.165) is 37.5 Å². The van der Waals surface area contributed by atoms with Crippen molar-refractivity contribution in [2.75, 3.05) is 0 Å². The van der Waals surface area contributed by atoms with Gasteiger partial charge in [0.25, 0.3) is 0 Å². The Kier molecular flexibility index (Phi) is 4.78. The third-order valence-electron chi connectivity index (χ3n) is 7.91. The summed E-state index contributed by atoms with van der Waals surface area (Å²) in [6.07, 6.45) is 10.7. The summed E-state index contributed by atoms with van der Waals surface area (Å²) < 4.78 is 0. The van der Waals surface area contributed by atoms with Crippen molar-refractivity contribution in [1.29, 1.82) is 0 Å². The van der Waals surface area contributed by atoms with E-state index in [0.29, 0.717) is 11.7 Å². The second kappa shape index (κ2) is 5.96. The van der Waals surface area contributed by atoms with Crippen LogP contribution in [0.25, 0.3) is 0 Å². The fourth-order valence-electron chi connectivity index (χ4n) is 6.53. The van der Waals surface area contributed by atoms with Crippen LogP contribution in [0.2, 0.25) is 0 Å². The minimum atomic E-state index is -0.0823. The van der Waals surface area contributed by atoms with Gasteiger partial charge in [-0.15, -0.1) is 0 Å². The van der Waals surface area contributed by atoms with Gasteiger partial charge in [-0.1, -0.05) is 19.4 Å². The van der Waals surface area contributed by atoms with E-state index in [4.69, 9.17) is 0 Å². The zero-order valence-corrected chi connectivity index (χ0v) is 18.7. The van der Waals surface area contributed by atoms with E-state index in [1.165, 1.54) is 31.3 Å². The van der Waals surface area contributed by atoms with Crippen LogP contribution >= 0.6 is 0 Å². The second-order valence-electron chi connectivity index (χ2n) is 8.61. The van der Waals surface area contributed by atoms with Gasteiger partial charge in [-0.25, -0.2) is 0 Å². The minimum absolute atomic E-state index is 0. The molecule has 0 saturated heterocycles. The molecule has 2 nitrogen and oxygen atoms in total. The van der Waals surface area contributed by atoms with Crippen molar-refractivity contribution < 1.29 is 54.0 Å². The molecule has 4 unspecified atom stereocenters. The van der Waals surface area contributed by atoms with Crippen LogP contribution in [-0.4, -0.2) is 17.0 Å². The van der Waals surface area contributed by atoms with Crippen molar-refractivity contribution >= 4 is 5.78 Å². The monoisotopic (exact) mass is 515 g/mol. The summed E-state index contributed by atoms with van der Waals surface area (Å²) in [4.78, 5) is 11.8. The Labute approximate surface area is 170 Å². The Balaban J connectivity index is 0.00000144. The third-order valence-corrected chi connectivity index (χ3v) is 7.91. The Morgan fingerprint density at radius 1 is 1.05 bits per heavy atom. The number of allylic oxidation sites excluding steroid dienone is 1. The average molecular weight is 515 g/mol. The summed E-state index contributed by atoms with van der Waals surface area (Å²) in [5.74, 6) is 2.57. The Bertz CT molecular complexity index is 514. The van der Waals surface area contributed by atoms with E-state index in [-0.39, 0.29) is 61.0 Å². The van der Waals surface area contributed by atoms with Crippen LogP contribution in [0.1, 0.15) is 65.2 Å². The Morgan fingerprint density at radius 3 is 2.59 bits per heavy atom. The molecule has 0 heterocycles. The molecule has 0 bridgehead atoms. The molecule has 0 spiro atoms. The molecule has 4 rings (SSSR count). The number of hydrogen-bond donors (Lipinski definition) is 1. The van der Waals surface area contributed by atoms with Gasteiger partial charge in [0.1, 0.15) is 0 Å². The van der Waals surface area contributed by atoms with E-state index in [2.05, 4.69) is 13.8 Å². The largest absolute Gasteiger partial charge is 0.393 e. The van der Waals surface area contributed by atoms with Crippen LogP contribution in [0.5, 0.6) is 0 Å². The first-order valence-corrected chi connectivity index (χ1v) is 8.87. The molecule has 4 aliphatic carbocycles. The van der Waals surface area contributed by atoms with Crippen LogP contribution in [0.15, 0.2) is 11.6 Å². The fraction of sp³-hybridized carbons (Fsp3) is 0.842. The number of carbonyl (C=O) groups excluding carboxylic acids is 1. The zero-order chi connectivity index (χ0) is 14.8. The number of fused-ring (bicyclic) bond motifs is 5. The number of carbonyl (C=O) groups is 1. The number of aliphatic hydroxyl groups excluding tert-OH is 1. The van der Waals surface area contributed by atoms with Gasteiger partial charge in [0.05, 0.1) is 6.10 Å². The molecule has 0 amide bonds. The topological polar surface area (TPSA) is 37.3 Å². The number of rotatable bonds is 0. The third kappa shape index (κ3) is 2.36. The zero-order valence-electron chi connectivity index (χ0n) is 14.0. The van der Waals surface area contributed by atoms with Crippen molar-refractivity contribution in [2.24, 2.45) is 28.6 Å². The molecule has 1 radical (unpaired) electrons. The van der Waals surface area contributed by atoms with Gasteiger partial charge in [0.2, 0.25) is 0 Å². The van der Waals surface area contributed by atoms with Crippen LogP contribution < -0.4 is 0 Å². The molecule has 6 atom stereocenters. The van der Waals surface area contributed by atoms with Crippen molar-refractivity contribution in [1.82, 2.24) is 0 Å². The first-order valence-electron chi connectivity index (χ1n) is 8.87. The van der Waals surface area contributed by atoms with Crippen LogP contribution in [0.3, 0.4) is 0 Å². The van der Waals surface area contributed by atoms with Gasteiger partial charge in [0, 0.05) is 50.5 Å². The maximum atomic E-state index is 11.8. The van der Waals surface area contributed by atoms with Gasteiger partial charge < -0.3 is 5.11 Å². The number of hydrogen-bond acceptors (Lipinski definition) is 2. The van der Waals surface area contributed by atoms with Gasteiger partial charge in [0.15, 0.2) is 5.78 Å². The summed E-state index contributed by atoms with van der Waals surface area (Å²) in [7, 11) is 0. The van der Waals surface area contributed by atoms with Crippen LogP contribution in [-0.2, 0) is 4.79 Å². The average Bonchev–Trinajstić information content (AvgIpc) is 2.76. The van der Waals surface area contributed by atoms with Gasteiger partial charge in [-0.3, -0.25) is 4.79 Å². The van der Waals surface area contributed by atoms with Crippen molar-refractivity contribution in [3.63, 3.8) is 0 Å². The Morgan fingerprint density at radius 2 is 1.82 bits per heavy atom. The molecule has 1 N–H and O–H groups in total. The fourth-order valence-corrected chi connectivity index (χ4v) is 6.53. The molecule has 3 fully saturated rings. The summed E-state index contributed by atoms with van der Waals surface area (Å²) in [5.41, 5.74) is 1.89. The predicted molar refractivity (Wildman–Crippen MR) is 82.7 cm³/mol. The molecule has 3 saturated carbocycles. The van der Waals surface area contributed by atoms with Gasteiger partial charge in [-0.05, 0) is 79.6 Å². The SMILES string of the molecule is C[C@]12CCC3C(CCC4=CC(=O)CC[C@@]43C)C1CCC2O.[Ac]. The van der Waals surface area contributed by atoms with E-state index in [1.807, 2.05) is 6.08 Å². The van der Waals surface area contributed by atoms with Crippen molar-refractivity contribution in [2.45, 2.75) is 71.3 Å². The summed E-state index contributed by atoms with van der Waals surface area (Å²) in [6.45, 7) is 4.76. The standard InChI is InChI=1S/C19H28O2.Ac/c1-18-9-7-13(20)11-12(18)3-4-14-15-5-6-17(21)19(15,2)10-8-16(14)18;/h11,14-17,21H,3-10H2,1-2H3;/t14?,15?,16?,17?,18-,19-;/m0./s1. The van der Waals surface area contributed by atoms with Crippen molar-refractivity contribution in [3.05, 3.63) is 11.6 Å². The van der Waals surface area contributed by atoms with Crippen molar-refractivity contribution in [3.8, 4) is 0 Å². The first kappa shape index (κ1) is 17.6. The Hall–Kier alpha value is 0.812. The molecule has 119 valence electrons. The molecule has 3 heteroatoms. The second-order valence-corrected chi connectivity index (χ2v) is 8.61. The first-order chi connectivity index (χ1) is 9.95. The van der Waals surface area contributed by atoms with E-state index >= 15 is 0 Å². The number of aliphatic hydroxyl groups is 1. The van der Waals surface area contributed by atoms with Crippen LogP contribution in [0, 0.1) is 72.6 Å². The quantitative estimate of drug-likeness (QED) is 0.532. The molecule has 0 aromatic rings. The van der Waals surface area contributed by atoms with Crippen LogP contribution in [0.4, 0.5) is 0 Å². The summed E-state index contributed by atoms with van der Waals surface area (Å²) >= 11 is 0. The smallest absolute Gasteiger partial charge is 0.155 e. The van der Waals surface area contributed by atoms with E-state index in [9.17, 15) is 9.90 Å². The molecule has 4 aliphatic rings. The summed E-state index contributed by atoms with van der Waals surface area (Å²) in [6, 6.07) is 0. The maximum Gasteiger partial charge on any atom is 0.155 e. The van der Waals surface area contributed by atoms with Gasteiger partial charge in [-0.2, -0.15) is 0 Å². The predicted octanol–water partition coefficient (Wildman–Crippen LogP) is 3.88. The number of ketones is 1. The van der Waals surface area contributed by atoms with E-state index < -0.39 is 0 Å². The molecular weight excluding hydrogens is 487 g/mol. The minimum Gasteiger partial charge on any atom is -0.393 e. The summed E-state index contributed by atoms with van der Waals surface area (Å²) in [5, 5.41) is 10.4. The molecule has 22 heavy (non-hydrogen) atoms. The maximum absolute atomic E-state index is 11.8. The molecule has 0 aromatic heterocycles. The molecule has 0 aliphatic heterocycles. The van der Waals surface area contributed by atoms with Gasteiger partial charge >= 0.3 is 0 Å². The normalized spacial score (nSPS) is 50.3. The molecule has 0 aromatic carbocycles.